The first-order valence-electron chi connectivity index (χ1n) is 11.2. The molecule has 0 bridgehead atoms. The van der Waals surface area contributed by atoms with Crippen LogP contribution in [0.1, 0.15) is 66.3 Å². The zero-order valence-corrected chi connectivity index (χ0v) is 19.5. The molecule has 0 fully saturated rings. The van der Waals surface area contributed by atoms with E-state index in [0.29, 0.717) is 12.2 Å². The predicted octanol–water partition coefficient (Wildman–Crippen LogP) is 5.64. The molecule has 3 aromatic rings. The smallest absolute Gasteiger partial charge is 0.241 e. The maximum absolute atomic E-state index is 13.3. The van der Waals surface area contributed by atoms with Gasteiger partial charge in [-0.05, 0) is 80.7 Å². The van der Waals surface area contributed by atoms with Gasteiger partial charge in [-0.3, -0.25) is 14.2 Å². The summed E-state index contributed by atoms with van der Waals surface area (Å²) in [6.07, 6.45) is 9.67. The van der Waals surface area contributed by atoms with E-state index in [1.165, 1.54) is 60.0 Å². The van der Waals surface area contributed by atoms with E-state index in [9.17, 15) is 9.59 Å². The second-order valence-electron chi connectivity index (χ2n) is 8.35. The van der Waals surface area contributed by atoms with E-state index in [1.807, 2.05) is 25.1 Å². The molecule has 0 unspecified atom stereocenters. The van der Waals surface area contributed by atoms with Crippen molar-refractivity contribution in [3.05, 3.63) is 40.7 Å². The van der Waals surface area contributed by atoms with E-state index in [2.05, 4.69) is 14.9 Å². The number of carbonyl (C=O) groups excluding carboxylic acids is 2. The van der Waals surface area contributed by atoms with Gasteiger partial charge in [0.2, 0.25) is 11.8 Å². The van der Waals surface area contributed by atoms with E-state index in [0.717, 1.165) is 45.9 Å². The molecule has 1 N–H and O–H groups in total. The number of thioether (sulfide) groups is 1. The molecule has 1 aromatic carbocycles. The number of fused-ring (bicyclic) bond motifs is 4. The summed E-state index contributed by atoms with van der Waals surface area (Å²) in [5, 5.41) is 2.90. The van der Waals surface area contributed by atoms with Crippen molar-refractivity contribution >= 4 is 50.8 Å². The van der Waals surface area contributed by atoms with Crippen molar-refractivity contribution in [2.75, 3.05) is 11.1 Å². The Balaban J connectivity index is 1.35. The van der Waals surface area contributed by atoms with Gasteiger partial charge in [0, 0.05) is 23.5 Å². The Morgan fingerprint density at radius 3 is 2.42 bits per heavy atom. The van der Waals surface area contributed by atoms with E-state index < -0.39 is 0 Å². The molecular formula is C24H27N3O2S2. The van der Waals surface area contributed by atoms with Gasteiger partial charge in [-0.15, -0.1) is 11.3 Å². The fourth-order valence-electron chi connectivity index (χ4n) is 4.87. The van der Waals surface area contributed by atoms with Crippen LogP contribution in [0.4, 0.5) is 5.69 Å². The van der Waals surface area contributed by atoms with Crippen molar-refractivity contribution in [3.8, 4) is 0 Å². The van der Waals surface area contributed by atoms with Crippen LogP contribution in [0.3, 0.4) is 0 Å². The fourth-order valence-corrected chi connectivity index (χ4v) is 6.82. The van der Waals surface area contributed by atoms with E-state index in [-0.39, 0.29) is 11.8 Å². The first-order chi connectivity index (χ1) is 15.1. The van der Waals surface area contributed by atoms with Gasteiger partial charge in [0.05, 0.1) is 16.0 Å². The van der Waals surface area contributed by atoms with Crippen LogP contribution in [0, 0.1) is 0 Å². The van der Waals surface area contributed by atoms with Crippen LogP contribution in [0.5, 0.6) is 0 Å². The molecule has 2 aliphatic rings. The summed E-state index contributed by atoms with van der Waals surface area (Å²) in [6, 6.07) is 5.78. The van der Waals surface area contributed by atoms with Crippen molar-refractivity contribution in [2.24, 2.45) is 0 Å². The molecule has 2 aliphatic carbocycles. The Bertz CT molecular complexity index is 1130. The molecule has 0 atom stereocenters. The summed E-state index contributed by atoms with van der Waals surface area (Å²) < 4.78 is 4.01. The molecule has 0 saturated carbocycles. The number of anilines is 1. The number of benzene rings is 1. The van der Waals surface area contributed by atoms with Crippen LogP contribution < -0.4 is 5.32 Å². The standard InChI is InChI=1S/C24H27N3O2S2/c1-2-22(28)25-15-11-12-18-21(13-15)31-24(26-18)30-14-23(29)27-19-9-5-3-7-16(19)17-8-4-6-10-20(17)27/h11-13H,2-10,14H2,1H3,(H,25,28). The van der Waals surface area contributed by atoms with Gasteiger partial charge in [-0.25, -0.2) is 4.98 Å². The summed E-state index contributed by atoms with van der Waals surface area (Å²) >= 11 is 3.11. The third kappa shape index (κ3) is 4.05. The lowest BCUT2D eigenvalue weighted by molar-refractivity contribution is -0.115. The molecule has 0 saturated heterocycles. The van der Waals surface area contributed by atoms with Crippen molar-refractivity contribution in [1.82, 2.24) is 9.55 Å². The van der Waals surface area contributed by atoms with Gasteiger partial charge in [-0.2, -0.15) is 0 Å². The number of hydrogen-bond acceptors (Lipinski definition) is 5. The molecule has 2 heterocycles. The first-order valence-corrected chi connectivity index (χ1v) is 13.0. The predicted molar refractivity (Wildman–Crippen MR) is 128 cm³/mol. The average molecular weight is 454 g/mol. The number of hydrogen-bond donors (Lipinski definition) is 1. The molecule has 31 heavy (non-hydrogen) atoms. The summed E-state index contributed by atoms with van der Waals surface area (Å²) in [7, 11) is 0. The van der Waals surface area contributed by atoms with E-state index >= 15 is 0 Å². The van der Waals surface area contributed by atoms with Crippen molar-refractivity contribution in [2.45, 2.75) is 69.1 Å². The third-order valence-electron chi connectivity index (χ3n) is 6.32. The van der Waals surface area contributed by atoms with Gasteiger partial charge in [0.1, 0.15) is 0 Å². The Kier molecular flexibility index (Phi) is 5.89. The van der Waals surface area contributed by atoms with E-state index in [1.54, 1.807) is 11.3 Å². The maximum Gasteiger partial charge on any atom is 0.241 e. The maximum atomic E-state index is 13.3. The molecule has 2 aromatic heterocycles. The number of aromatic nitrogens is 2. The Morgan fingerprint density at radius 1 is 1.06 bits per heavy atom. The monoisotopic (exact) mass is 453 g/mol. The average Bonchev–Trinajstić information content (AvgIpc) is 3.35. The van der Waals surface area contributed by atoms with Crippen molar-refractivity contribution in [1.29, 1.82) is 0 Å². The van der Waals surface area contributed by atoms with Gasteiger partial charge < -0.3 is 5.32 Å². The van der Waals surface area contributed by atoms with Crippen LogP contribution in [-0.2, 0) is 30.5 Å². The van der Waals surface area contributed by atoms with Crippen molar-refractivity contribution < 1.29 is 9.59 Å². The number of carbonyl (C=O) groups is 2. The molecule has 0 aliphatic heterocycles. The number of thiazole rings is 1. The second-order valence-corrected chi connectivity index (χ2v) is 10.6. The highest BCUT2D eigenvalue weighted by molar-refractivity contribution is 8.01. The third-order valence-corrected chi connectivity index (χ3v) is 8.47. The Morgan fingerprint density at radius 2 is 1.74 bits per heavy atom. The number of nitrogens with one attached hydrogen (secondary N) is 1. The van der Waals surface area contributed by atoms with Gasteiger partial charge in [-0.1, -0.05) is 18.7 Å². The minimum atomic E-state index is 0.00227. The first kappa shape index (κ1) is 20.8. The lowest BCUT2D eigenvalue weighted by Gasteiger charge is -2.16. The topological polar surface area (TPSA) is 64.0 Å². The summed E-state index contributed by atoms with van der Waals surface area (Å²) in [6.45, 7) is 1.84. The highest BCUT2D eigenvalue weighted by atomic mass is 32.2. The molecule has 162 valence electrons. The molecule has 1 amide bonds. The summed E-state index contributed by atoms with van der Waals surface area (Å²) in [5.74, 6) is 0.608. The number of nitrogens with zero attached hydrogens (tertiary/aromatic N) is 2. The number of amides is 1. The zero-order chi connectivity index (χ0) is 21.4. The minimum absolute atomic E-state index is 0.00227. The van der Waals surface area contributed by atoms with Gasteiger partial charge >= 0.3 is 0 Å². The van der Waals surface area contributed by atoms with Crippen LogP contribution in [0.25, 0.3) is 10.2 Å². The fraction of sp³-hybridized carbons (Fsp3) is 0.458. The zero-order valence-electron chi connectivity index (χ0n) is 17.8. The summed E-state index contributed by atoms with van der Waals surface area (Å²) in [5.41, 5.74) is 7.27. The molecule has 0 radical (unpaired) electrons. The van der Waals surface area contributed by atoms with Crippen LogP contribution in [0.2, 0.25) is 0 Å². The largest absolute Gasteiger partial charge is 0.326 e. The number of rotatable bonds is 5. The second kappa shape index (κ2) is 8.79. The Labute approximate surface area is 190 Å². The molecule has 5 nitrogen and oxygen atoms in total. The van der Waals surface area contributed by atoms with E-state index in [4.69, 9.17) is 0 Å². The van der Waals surface area contributed by atoms with Crippen LogP contribution >= 0.6 is 23.1 Å². The lowest BCUT2D eigenvalue weighted by atomic mass is 9.89. The molecular weight excluding hydrogens is 426 g/mol. The summed E-state index contributed by atoms with van der Waals surface area (Å²) in [4.78, 5) is 29.7. The highest BCUT2D eigenvalue weighted by Crippen LogP contribution is 2.36. The molecule has 7 heteroatoms. The van der Waals surface area contributed by atoms with Crippen LogP contribution in [0.15, 0.2) is 22.5 Å². The lowest BCUT2D eigenvalue weighted by Crippen LogP contribution is -2.21. The quantitative estimate of drug-likeness (QED) is 0.508. The normalized spacial score (nSPS) is 15.5. The molecule has 5 rings (SSSR count). The highest BCUT2D eigenvalue weighted by Gasteiger charge is 2.28. The van der Waals surface area contributed by atoms with Crippen LogP contribution in [-0.4, -0.2) is 27.1 Å². The van der Waals surface area contributed by atoms with Gasteiger partial charge in [0.25, 0.3) is 0 Å². The Hall–Kier alpha value is -2.12. The van der Waals surface area contributed by atoms with Crippen molar-refractivity contribution in [3.63, 3.8) is 0 Å². The minimum Gasteiger partial charge on any atom is -0.326 e. The molecule has 0 spiro atoms. The van der Waals surface area contributed by atoms with Gasteiger partial charge in [0.15, 0.2) is 4.34 Å². The SMILES string of the molecule is CCC(=O)Nc1ccc2nc(SCC(=O)n3c4c(c5c3CCCC5)CCCC4)sc2c1.